The Balaban J connectivity index is 1.44. The van der Waals surface area contributed by atoms with Gasteiger partial charge in [-0.25, -0.2) is 9.78 Å². The van der Waals surface area contributed by atoms with E-state index in [0.717, 1.165) is 31.1 Å². The van der Waals surface area contributed by atoms with Crippen molar-refractivity contribution < 1.29 is 33.4 Å². The van der Waals surface area contributed by atoms with Crippen molar-refractivity contribution >= 4 is 40.5 Å². The molecule has 0 radical (unpaired) electrons. The zero-order chi connectivity index (χ0) is 32.5. The van der Waals surface area contributed by atoms with Crippen LogP contribution in [0.15, 0.2) is 36.4 Å². The topological polar surface area (TPSA) is 182 Å². The number of carbonyl (C=O) groups excluding carboxylic acids is 5. The van der Waals surface area contributed by atoms with Crippen molar-refractivity contribution in [2.24, 2.45) is 17.6 Å². The Labute approximate surface area is 263 Å². The Morgan fingerprint density at radius 2 is 1.76 bits per heavy atom. The average molecular weight is 624 g/mol. The Morgan fingerprint density at radius 3 is 2.44 bits per heavy atom. The predicted octanol–water partition coefficient (Wildman–Crippen LogP) is 2.53. The molecule has 2 heterocycles. The number of esters is 1. The Morgan fingerprint density at radius 1 is 1.02 bits per heavy atom. The molecule has 1 aliphatic carbocycles. The number of nitrogens with two attached hydrogens (primary N) is 1. The first-order valence-corrected chi connectivity index (χ1v) is 15.9. The molecule has 244 valence electrons. The third kappa shape index (κ3) is 9.46. The predicted molar refractivity (Wildman–Crippen MR) is 167 cm³/mol. The summed E-state index contributed by atoms with van der Waals surface area (Å²) in [6.45, 7) is 3.79. The zero-order valence-electron chi connectivity index (χ0n) is 26.3. The summed E-state index contributed by atoms with van der Waals surface area (Å²) in [5.41, 5.74) is 6.19. The summed E-state index contributed by atoms with van der Waals surface area (Å²) in [4.78, 5) is 68.2. The van der Waals surface area contributed by atoms with Crippen molar-refractivity contribution in [1.82, 2.24) is 20.9 Å². The van der Waals surface area contributed by atoms with E-state index >= 15 is 0 Å². The maximum atomic E-state index is 13.6. The number of methoxy groups -OCH3 is 1. The van der Waals surface area contributed by atoms with Crippen molar-refractivity contribution in [1.29, 1.82) is 0 Å². The molecule has 1 aliphatic heterocycles. The Hall–Kier alpha value is -4.06. The van der Waals surface area contributed by atoms with E-state index in [1.54, 1.807) is 18.2 Å². The van der Waals surface area contributed by atoms with E-state index in [-0.39, 0.29) is 23.9 Å². The number of amides is 4. The van der Waals surface area contributed by atoms with Crippen LogP contribution in [-0.2, 0) is 28.7 Å². The number of pyridine rings is 1. The standard InChI is InChI=1S/C33H45N5O7/c1-4-19(2)29(33(43)44-3)38-28(40)18-26-30(45-26)24(16-20-10-6-5-7-11-20)36-32(42)25(17-27(34)39)37-31(41)23-15-14-21-12-8-9-13-22(21)35-23/h8-9,12-15,19-20,24-26,29-30H,4-7,10-11,16-18H2,1-3H3,(H2,34,39)(H,36,42)(H,37,41)(H,38,40)/t19-,24?,25+,26?,29-,30?/m0/s1. The third-order valence-electron chi connectivity index (χ3n) is 8.89. The lowest BCUT2D eigenvalue weighted by Crippen LogP contribution is -2.53. The molecule has 12 nitrogen and oxygen atoms in total. The summed E-state index contributed by atoms with van der Waals surface area (Å²) in [7, 11) is 1.29. The van der Waals surface area contributed by atoms with Crippen LogP contribution in [0.3, 0.4) is 0 Å². The van der Waals surface area contributed by atoms with Crippen LogP contribution in [0.5, 0.6) is 0 Å². The van der Waals surface area contributed by atoms with E-state index in [1.165, 1.54) is 13.5 Å². The Kier molecular flexibility index (Phi) is 11.9. The number of hydrogen-bond donors (Lipinski definition) is 4. The number of rotatable bonds is 15. The molecule has 2 aromatic rings. The van der Waals surface area contributed by atoms with Crippen LogP contribution in [0, 0.1) is 11.8 Å². The van der Waals surface area contributed by atoms with Crippen LogP contribution in [0.1, 0.15) is 82.1 Å². The van der Waals surface area contributed by atoms with Crippen LogP contribution in [-0.4, -0.2) is 72.0 Å². The summed E-state index contributed by atoms with van der Waals surface area (Å²) in [6, 6.07) is 8.21. The highest BCUT2D eigenvalue weighted by Crippen LogP contribution is 2.35. The molecule has 1 saturated carbocycles. The second-order valence-electron chi connectivity index (χ2n) is 12.2. The van der Waals surface area contributed by atoms with Crippen molar-refractivity contribution in [3.63, 3.8) is 0 Å². The molecule has 12 heteroatoms. The van der Waals surface area contributed by atoms with Gasteiger partial charge in [0.05, 0.1) is 37.6 Å². The maximum Gasteiger partial charge on any atom is 0.328 e. The maximum absolute atomic E-state index is 13.6. The highest BCUT2D eigenvalue weighted by atomic mass is 16.6. The zero-order valence-corrected chi connectivity index (χ0v) is 26.3. The molecule has 3 unspecified atom stereocenters. The lowest BCUT2D eigenvalue weighted by molar-refractivity contribution is -0.146. The lowest BCUT2D eigenvalue weighted by atomic mass is 9.83. The molecule has 5 N–H and O–H groups in total. The van der Waals surface area contributed by atoms with Crippen LogP contribution >= 0.6 is 0 Å². The fourth-order valence-electron chi connectivity index (χ4n) is 6.06. The van der Waals surface area contributed by atoms with E-state index in [9.17, 15) is 24.0 Å². The number of epoxide rings is 1. The monoisotopic (exact) mass is 623 g/mol. The van der Waals surface area contributed by atoms with Gasteiger partial charge in [-0.2, -0.15) is 0 Å². The molecule has 6 atom stereocenters. The van der Waals surface area contributed by atoms with Crippen molar-refractivity contribution in [2.45, 2.75) is 102 Å². The number of hydrogen-bond acceptors (Lipinski definition) is 8. The number of carbonyl (C=O) groups is 5. The van der Waals surface area contributed by atoms with Crippen LogP contribution < -0.4 is 21.7 Å². The van der Waals surface area contributed by atoms with Gasteiger partial charge in [-0.15, -0.1) is 0 Å². The summed E-state index contributed by atoms with van der Waals surface area (Å²) in [6.07, 6.45) is 5.46. The number of para-hydroxylation sites is 1. The van der Waals surface area contributed by atoms with E-state index < -0.39 is 60.4 Å². The lowest BCUT2D eigenvalue weighted by Gasteiger charge is -2.28. The van der Waals surface area contributed by atoms with Gasteiger partial charge in [0.15, 0.2) is 0 Å². The molecule has 4 amide bonds. The summed E-state index contributed by atoms with van der Waals surface area (Å²) in [5, 5.41) is 9.27. The number of benzene rings is 1. The summed E-state index contributed by atoms with van der Waals surface area (Å²) in [5.74, 6) is -2.52. The number of fused-ring (bicyclic) bond motifs is 1. The first-order valence-electron chi connectivity index (χ1n) is 15.9. The minimum Gasteiger partial charge on any atom is -0.467 e. The third-order valence-corrected chi connectivity index (χ3v) is 8.89. The molecule has 0 spiro atoms. The number of nitrogens with one attached hydrogen (secondary N) is 3. The largest absolute Gasteiger partial charge is 0.467 e. The number of ether oxygens (including phenoxy) is 2. The van der Waals surface area contributed by atoms with Gasteiger partial charge in [0, 0.05) is 5.39 Å². The summed E-state index contributed by atoms with van der Waals surface area (Å²) < 4.78 is 10.8. The van der Waals surface area contributed by atoms with Gasteiger partial charge in [-0.3, -0.25) is 19.2 Å². The van der Waals surface area contributed by atoms with Crippen LogP contribution in [0.2, 0.25) is 0 Å². The molecule has 45 heavy (non-hydrogen) atoms. The number of aromatic nitrogens is 1. The number of nitrogens with zero attached hydrogens (tertiary/aromatic N) is 1. The van der Waals surface area contributed by atoms with E-state index in [4.69, 9.17) is 15.2 Å². The van der Waals surface area contributed by atoms with Gasteiger partial charge in [0.1, 0.15) is 23.9 Å². The van der Waals surface area contributed by atoms with E-state index in [2.05, 4.69) is 20.9 Å². The second-order valence-corrected chi connectivity index (χ2v) is 12.2. The molecular formula is C33H45N5O7. The molecule has 1 aromatic heterocycles. The molecule has 2 fully saturated rings. The van der Waals surface area contributed by atoms with E-state index in [0.29, 0.717) is 24.3 Å². The van der Waals surface area contributed by atoms with Gasteiger partial charge in [0.25, 0.3) is 5.91 Å². The minimum atomic E-state index is -1.23. The van der Waals surface area contributed by atoms with Crippen molar-refractivity contribution in [3.8, 4) is 0 Å². The fraction of sp³-hybridized carbons (Fsp3) is 0.576. The number of primary amides is 1. The molecule has 1 aromatic carbocycles. The Bertz CT molecular complexity index is 1380. The SMILES string of the molecule is CC[C@H](C)[C@H](NC(=O)CC1OC1C(CC1CCCCC1)NC(=O)[C@@H](CC(N)=O)NC(=O)c1ccc2ccccc2n1)C(=O)OC. The molecule has 1 saturated heterocycles. The fourth-order valence-corrected chi connectivity index (χ4v) is 6.06. The quantitative estimate of drug-likeness (QED) is 0.172. The van der Waals surface area contributed by atoms with Gasteiger partial charge in [-0.05, 0) is 30.4 Å². The van der Waals surface area contributed by atoms with Gasteiger partial charge >= 0.3 is 5.97 Å². The highest BCUT2D eigenvalue weighted by Gasteiger charge is 2.48. The highest BCUT2D eigenvalue weighted by molar-refractivity contribution is 5.99. The molecular weight excluding hydrogens is 578 g/mol. The van der Waals surface area contributed by atoms with Gasteiger partial charge in [-0.1, -0.05) is 76.6 Å². The van der Waals surface area contributed by atoms with Crippen molar-refractivity contribution in [2.75, 3.05) is 7.11 Å². The van der Waals surface area contributed by atoms with Gasteiger partial charge in [0.2, 0.25) is 17.7 Å². The van der Waals surface area contributed by atoms with Gasteiger partial charge < -0.3 is 31.2 Å². The molecule has 0 bridgehead atoms. The average Bonchev–Trinajstić information content (AvgIpc) is 3.80. The normalized spacial score (nSPS) is 20.7. The van der Waals surface area contributed by atoms with Crippen LogP contribution in [0.25, 0.3) is 10.9 Å². The second kappa shape index (κ2) is 15.8. The smallest absolute Gasteiger partial charge is 0.328 e. The first kappa shape index (κ1) is 33.8. The summed E-state index contributed by atoms with van der Waals surface area (Å²) >= 11 is 0. The molecule has 2 aliphatic rings. The van der Waals surface area contributed by atoms with Crippen LogP contribution in [0.4, 0.5) is 0 Å². The molecule has 4 rings (SSSR count). The minimum absolute atomic E-state index is 0.0146. The first-order chi connectivity index (χ1) is 21.6. The van der Waals surface area contributed by atoms with Crippen molar-refractivity contribution in [3.05, 3.63) is 42.1 Å². The van der Waals surface area contributed by atoms with E-state index in [1.807, 2.05) is 32.0 Å².